The Kier molecular flexibility index (Phi) is 11.8. The third-order valence-corrected chi connectivity index (χ3v) is 9.45. The fourth-order valence-electron chi connectivity index (χ4n) is 7.15. The van der Waals surface area contributed by atoms with Crippen molar-refractivity contribution in [3.63, 3.8) is 0 Å². The van der Waals surface area contributed by atoms with Gasteiger partial charge in [-0.05, 0) is 99.1 Å². The molecule has 6 atom stereocenters. The summed E-state index contributed by atoms with van der Waals surface area (Å²) in [4.78, 5) is 0. The van der Waals surface area contributed by atoms with Crippen LogP contribution in [0.2, 0.25) is 19.6 Å². The van der Waals surface area contributed by atoms with Crippen molar-refractivity contribution in [2.24, 2.45) is 40.9 Å². The molecular weight excluding hydrogens is 519 g/mol. The molecule has 4 aliphatic rings. The summed E-state index contributed by atoms with van der Waals surface area (Å²) in [6, 6.07) is 0. The zero-order chi connectivity index (χ0) is 19.8. The minimum absolute atomic E-state index is 0. The van der Waals surface area contributed by atoms with E-state index >= 15 is 0 Å². The molecule has 0 amide bonds. The molecule has 6 unspecified atom stereocenters. The standard InChI is InChI=1S/C26H40OSi.2ClH.Zr/c1-5-26(18-19-27-28(2,3)4,24-16-14-20-10-6-8-12-22(20)24)25-17-15-21-11-7-9-13-23(21)25;;;/h6-13,20-25H,5,14-19H2,1-4H3;2*1H;/q;;;+2/p-2. The quantitative estimate of drug-likeness (QED) is 0.427. The second kappa shape index (κ2) is 12.3. The molecule has 4 rings (SSSR count). The van der Waals surface area contributed by atoms with Crippen molar-refractivity contribution in [1.82, 2.24) is 0 Å². The fourth-order valence-corrected chi connectivity index (χ4v) is 7.86. The first-order chi connectivity index (χ1) is 13.4. The van der Waals surface area contributed by atoms with Gasteiger partial charge in [-0.25, -0.2) is 0 Å². The van der Waals surface area contributed by atoms with Gasteiger partial charge in [0.05, 0.1) is 0 Å². The molecule has 4 aliphatic carbocycles. The summed E-state index contributed by atoms with van der Waals surface area (Å²) >= 11 is 0. The Hall–Kier alpha value is 0.600. The number of hydrogen-bond donors (Lipinski definition) is 0. The van der Waals surface area contributed by atoms with Crippen LogP contribution in [-0.2, 0) is 30.6 Å². The smallest absolute Gasteiger partial charge is 1.00 e. The summed E-state index contributed by atoms with van der Waals surface area (Å²) < 4.78 is 6.45. The van der Waals surface area contributed by atoms with Crippen molar-refractivity contribution in [2.45, 2.75) is 65.1 Å². The van der Waals surface area contributed by atoms with Gasteiger partial charge in [-0.3, -0.25) is 0 Å². The molecule has 0 bridgehead atoms. The molecule has 0 aliphatic heterocycles. The molecule has 0 heterocycles. The summed E-state index contributed by atoms with van der Waals surface area (Å²) in [7, 11) is -1.47. The first-order valence-electron chi connectivity index (χ1n) is 11.8. The molecule has 5 heteroatoms. The van der Waals surface area contributed by atoms with Crippen LogP contribution in [0.25, 0.3) is 0 Å². The van der Waals surface area contributed by atoms with E-state index in [9.17, 15) is 0 Å². The van der Waals surface area contributed by atoms with E-state index in [0.29, 0.717) is 5.41 Å². The Bertz CT molecular complexity index is 637. The zero-order valence-corrected chi connectivity index (χ0v) is 24.7. The number of hydrogen-bond acceptors (Lipinski definition) is 1. The van der Waals surface area contributed by atoms with Gasteiger partial charge in [-0.1, -0.05) is 55.5 Å². The Morgan fingerprint density at radius 2 is 1.23 bits per heavy atom. The van der Waals surface area contributed by atoms with Gasteiger partial charge in [0.2, 0.25) is 0 Å². The maximum atomic E-state index is 6.45. The van der Waals surface area contributed by atoms with E-state index in [1.54, 1.807) is 0 Å². The number of allylic oxidation sites excluding steroid dienone is 8. The topological polar surface area (TPSA) is 9.23 Å². The number of rotatable bonds is 7. The van der Waals surface area contributed by atoms with E-state index in [0.717, 1.165) is 42.1 Å². The Balaban J connectivity index is 0.00000160. The van der Waals surface area contributed by atoms with Crippen LogP contribution in [0.3, 0.4) is 0 Å². The molecule has 0 aromatic carbocycles. The van der Waals surface area contributed by atoms with E-state index in [4.69, 9.17) is 4.43 Å². The van der Waals surface area contributed by atoms with Gasteiger partial charge in [-0.2, -0.15) is 0 Å². The summed E-state index contributed by atoms with van der Waals surface area (Å²) in [5.41, 5.74) is 0.420. The number of halogens is 2. The van der Waals surface area contributed by atoms with Crippen molar-refractivity contribution in [2.75, 3.05) is 6.61 Å². The molecular formula is C26H40Cl2OSiZr. The monoisotopic (exact) mass is 556 g/mol. The molecule has 0 saturated heterocycles. The van der Waals surface area contributed by atoms with Crippen molar-refractivity contribution in [3.05, 3.63) is 48.6 Å². The van der Waals surface area contributed by atoms with Crippen LogP contribution in [0.4, 0.5) is 0 Å². The first-order valence-corrected chi connectivity index (χ1v) is 15.2. The predicted octanol–water partition coefficient (Wildman–Crippen LogP) is 1.17. The molecule has 172 valence electrons. The van der Waals surface area contributed by atoms with E-state index in [-0.39, 0.29) is 51.0 Å². The van der Waals surface area contributed by atoms with Gasteiger partial charge in [-0.15, -0.1) is 0 Å². The second-order valence-corrected chi connectivity index (χ2v) is 15.2. The minimum atomic E-state index is -1.47. The molecule has 1 nitrogen and oxygen atoms in total. The van der Waals surface area contributed by atoms with Crippen LogP contribution in [0.5, 0.6) is 0 Å². The van der Waals surface area contributed by atoms with Gasteiger partial charge in [0.25, 0.3) is 0 Å². The fraction of sp³-hybridized carbons (Fsp3) is 0.692. The molecule has 2 saturated carbocycles. The minimum Gasteiger partial charge on any atom is -1.00 e. The second-order valence-electron chi connectivity index (χ2n) is 10.7. The molecule has 0 N–H and O–H groups in total. The van der Waals surface area contributed by atoms with Crippen LogP contribution in [-0.4, -0.2) is 14.9 Å². The first kappa shape index (κ1) is 29.6. The third kappa shape index (κ3) is 6.19. The van der Waals surface area contributed by atoms with Crippen LogP contribution < -0.4 is 24.8 Å². The summed E-state index contributed by atoms with van der Waals surface area (Å²) in [5, 5.41) is 0. The van der Waals surface area contributed by atoms with Gasteiger partial charge in [0.1, 0.15) is 0 Å². The van der Waals surface area contributed by atoms with Crippen molar-refractivity contribution in [1.29, 1.82) is 0 Å². The van der Waals surface area contributed by atoms with Crippen molar-refractivity contribution >= 4 is 8.32 Å². The van der Waals surface area contributed by atoms with E-state index in [1.807, 2.05) is 0 Å². The molecule has 0 spiro atoms. The van der Waals surface area contributed by atoms with E-state index in [1.165, 1.54) is 38.5 Å². The van der Waals surface area contributed by atoms with Gasteiger partial charge in [0.15, 0.2) is 8.32 Å². The Morgan fingerprint density at radius 1 is 0.774 bits per heavy atom. The summed E-state index contributed by atoms with van der Waals surface area (Å²) in [5.74, 6) is 4.68. The molecule has 31 heavy (non-hydrogen) atoms. The average Bonchev–Trinajstić information content (AvgIpc) is 3.30. The van der Waals surface area contributed by atoms with Crippen LogP contribution >= 0.6 is 0 Å². The summed E-state index contributed by atoms with van der Waals surface area (Å²) in [6.45, 7) is 10.5. The SMILES string of the molecule is CCC(CCO[Si](C)(C)C)(C1CCC2C=CC=CC21)C1CCC2C=CC=CC21.[Cl-].[Cl-].[Zr+2]. The van der Waals surface area contributed by atoms with E-state index in [2.05, 4.69) is 75.2 Å². The Labute approximate surface area is 223 Å². The normalized spacial score (nSPS) is 34.7. The molecule has 2 fully saturated rings. The zero-order valence-electron chi connectivity index (χ0n) is 19.7. The van der Waals surface area contributed by atoms with Gasteiger partial charge >= 0.3 is 26.2 Å². The van der Waals surface area contributed by atoms with Crippen LogP contribution in [0.1, 0.15) is 45.4 Å². The molecule has 0 aromatic heterocycles. The largest absolute Gasteiger partial charge is 2.00 e. The predicted molar refractivity (Wildman–Crippen MR) is 123 cm³/mol. The number of fused-ring (bicyclic) bond motifs is 2. The molecule has 0 aromatic rings. The van der Waals surface area contributed by atoms with Crippen LogP contribution in [0.15, 0.2) is 48.6 Å². The maximum absolute atomic E-state index is 6.45. The Morgan fingerprint density at radius 3 is 1.65 bits per heavy atom. The van der Waals surface area contributed by atoms with Crippen molar-refractivity contribution in [3.8, 4) is 0 Å². The summed E-state index contributed by atoms with van der Waals surface area (Å²) in [6.07, 6.45) is 27.4. The third-order valence-electron chi connectivity index (χ3n) is 8.38. The average molecular weight is 559 g/mol. The van der Waals surface area contributed by atoms with Gasteiger partial charge < -0.3 is 29.2 Å². The van der Waals surface area contributed by atoms with Gasteiger partial charge in [0, 0.05) is 6.61 Å². The maximum Gasteiger partial charge on any atom is 2.00 e. The molecule has 0 radical (unpaired) electrons. The van der Waals surface area contributed by atoms with Crippen molar-refractivity contribution < 1.29 is 55.4 Å². The van der Waals surface area contributed by atoms with E-state index < -0.39 is 8.32 Å². The van der Waals surface area contributed by atoms with Crippen LogP contribution in [0, 0.1) is 40.9 Å².